The smallest absolute Gasteiger partial charge is 0.455 e. The van der Waals surface area contributed by atoms with E-state index in [0.29, 0.717) is 0 Å². The lowest BCUT2D eigenvalue weighted by molar-refractivity contribution is -0.295. The summed E-state index contributed by atoms with van der Waals surface area (Å²) in [6.45, 7) is 1.40. The fraction of sp³-hybridized carbons (Fsp3) is 0.556. The zero-order valence-corrected chi connectivity index (χ0v) is 8.31. The van der Waals surface area contributed by atoms with Gasteiger partial charge < -0.3 is 9.73 Å². The molecule has 0 fully saturated rings. The van der Waals surface area contributed by atoms with E-state index in [4.69, 9.17) is 0 Å². The molecule has 0 saturated heterocycles. The zero-order valence-electron chi connectivity index (χ0n) is 8.31. The Morgan fingerprint density at radius 1 is 1.31 bits per heavy atom. The summed E-state index contributed by atoms with van der Waals surface area (Å²) in [5.74, 6) is -5.31. The molecule has 0 aliphatic carbocycles. The third-order valence-electron chi connectivity index (χ3n) is 1.98. The van der Waals surface area contributed by atoms with Gasteiger partial charge in [0.05, 0.1) is 6.26 Å². The first-order valence-corrected chi connectivity index (χ1v) is 4.52. The molecule has 2 nitrogen and oxygen atoms in total. The first kappa shape index (κ1) is 13.0. The quantitative estimate of drug-likeness (QED) is 0.822. The largest absolute Gasteiger partial charge is 0.467 e. The minimum atomic E-state index is -5.62. The number of hydrogen-bond acceptors (Lipinski definition) is 2. The normalized spacial score (nSPS) is 15.1. The molecule has 0 aliphatic heterocycles. The summed E-state index contributed by atoms with van der Waals surface area (Å²) in [7, 11) is 0. The highest BCUT2D eigenvalue weighted by Crippen LogP contribution is 2.44. The number of rotatable bonds is 4. The van der Waals surface area contributed by atoms with E-state index in [1.807, 2.05) is 0 Å². The minimum absolute atomic E-state index is 0.0307. The van der Waals surface area contributed by atoms with Gasteiger partial charge in [-0.2, -0.15) is 22.0 Å². The number of nitrogens with one attached hydrogen (secondary N) is 1. The van der Waals surface area contributed by atoms with Gasteiger partial charge in [0.15, 0.2) is 0 Å². The van der Waals surface area contributed by atoms with Gasteiger partial charge in [0, 0.05) is 0 Å². The van der Waals surface area contributed by atoms with Gasteiger partial charge >= 0.3 is 12.1 Å². The number of halogens is 5. The Labute approximate surface area is 88.4 Å². The van der Waals surface area contributed by atoms with Crippen LogP contribution in [0.15, 0.2) is 22.8 Å². The molecule has 0 spiro atoms. The van der Waals surface area contributed by atoms with Crippen molar-refractivity contribution in [2.24, 2.45) is 0 Å². The van der Waals surface area contributed by atoms with Crippen molar-refractivity contribution in [1.29, 1.82) is 0 Å². The first-order chi connectivity index (χ1) is 7.30. The maximum absolute atomic E-state index is 13.1. The fourth-order valence-corrected chi connectivity index (χ4v) is 1.23. The average molecular weight is 243 g/mol. The number of hydrogen-bond donors (Lipinski definition) is 1. The van der Waals surface area contributed by atoms with E-state index in [-0.39, 0.29) is 6.54 Å². The highest BCUT2D eigenvalue weighted by molar-refractivity contribution is 5.10. The maximum atomic E-state index is 13.1. The third-order valence-corrected chi connectivity index (χ3v) is 1.98. The van der Waals surface area contributed by atoms with Crippen LogP contribution in [0, 0.1) is 0 Å². The molecule has 92 valence electrons. The topological polar surface area (TPSA) is 25.2 Å². The maximum Gasteiger partial charge on any atom is 0.455 e. The zero-order chi connectivity index (χ0) is 12.4. The van der Waals surface area contributed by atoms with E-state index < -0.39 is 23.9 Å². The van der Waals surface area contributed by atoms with E-state index in [1.54, 1.807) is 0 Å². The summed E-state index contributed by atoms with van der Waals surface area (Å²) >= 11 is 0. The molecule has 16 heavy (non-hydrogen) atoms. The molecule has 1 rings (SSSR count). The van der Waals surface area contributed by atoms with Crippen LogP contribution in [-0.4, -0.2) is 18.6 Å². The van der Waals surface area contributed by atoms with Crippen molar-refractivity contribution in [2.75, 3.05) is 6.54 Å². The van der Waals surface area contributed by atoms with E-state index in [9.17, 15) is 22.0 Å². The van der Waals surface area contributed by atoms with Gasteiger partial charge in [-0.15, -0.1) is 0 Å². The van der Waals surface area contributed by atoms with Crippen molar-refractivity contribution < 1.29 is 26.4 Å². The molecule has 0 radical (unpaired) electrons. The van der Waals surface area contributed by atoms with Crippen LogP contribution in [-0.2, 0) is 0 Å². The molecule has 0 amide bonds. The van der Waals surface area contributed by atoms with Crippen LogP contribution in [0.25, 0.3) is 0 Å². The SMILES string of the molecule is CCNC(c1ccco1)C(F)(F)C(F)(F)F. The highest BCUT2D eigenvalue weighted by atomic mass is 19.4. The van der Waals surface area contributed by atoms with Crippen LogP contribution < -0.4 is 5.32 Å². The Bertz CT molecular complexity index is 319. The second kappa shape index (κ2) is 4.40. The van der Waals surface area contributed by atoms with Crippen LogP contribution in [0.2, 0.25) is 0 Å². The van der Waals surface area contributed by atoms with E-state index >= 15 is 0 Å². The molecule has 1 heterocycles. The lowest BCUT2D eigenvalue weighted by Gasteiger charge is -2.27. The van der Waals surface area contributed by atoms with Crippen LogP contribution >= 0.6 is 0 Å². The van der Waals surface area contributed by atoms with E-state index in [2.05, 4.69) is 9.73 Å². The van der Waals surface area contributed by atoms with Crippen molar-refractivity contribution in [3.05, 3.63) is 24.2 Å². The van der Waals surface area contributed by atoms with Gasteiger partial charge in [-0.1, -0.05) is 6.92 Å². The Morgan fingerprint density at radius 2 is 1.94 bits per heavy atom. The first-order valence-electron chi connectivity index (χ1n) is 4.52. The van der Waals surface area contributed by atoms with Gasteiger partial charge in [0.2, 0.25) is 0 Å². The molecule has 1 aromatic heterocycles. The van der Waals surface area contributed by atoms with E-state index in [0.717, 1.165) is 12.3 Å². The molecule has 1 atom stereocenters. The molecule has 0 aromatic carbocycles. The summed E-state index contributed by atoms with van der Waals surface area (Å²) in [6.07, 6.45) is -4.57. The molecule has 0 bridgehead atoms. The van der Waals surface area contributed by atoms with Gasteiger partial charge in [0.1, 0.15) is 11.8 Å². The number of furan rings is 1. The lowest BCUT2D eigenvalue weighted by atomic mass is 10.1. The standard InChI is InChI=1S/C9H10F5NO/c1-2-15-7(6-4-3-5-16-6)8(10,11)9(12,13)14/h3-5,7,15H,2H2,1H3. The lowest BCUT2D eigenvalue weighted by Crippen LogP contribution is -2.47. The van der Waals surface area contributed by atoms with Gasteiger partial charge in [0.25, 0.3) is 0 Å². The third kappa shape index (κ3) is 2.34. The van der Waals surface area contributed by atoms with Gasteiger partial charge in [-0.25, -0.2) is 0 Å². The van der Waals surface area contributed by atoms with Gasteiger partial charge in [-0.3, -0.25) is 0 Å². The Balaban J connectivity index is 3.03. The second-order valence-corrected chi connectivity index (χ2v) is 3.13. The van der Waals surface area contributed by atoms with Crippen LogP contribution in [0.3, 0.4) is 0 Å². The molecule has 1 unspecified atom stereocenters. The van der Waals surface area contributed by atoms with Crippen LogP contribution in [0.4, 0.5) is 22.0 Å². The highest BCUT2D eigenvalue weighted by Gasteiger charge is 2.63. The Kier molecular flexibility index (Phi) is 3.57. The molecule has 0 aliphatic rings. The molecular weight excluding hydrogens is 233 g/mol. The van der Waals surface area contributed by atoms with E-state index in [1.165, 1.54) is 13.0 Å². The van der Waals surface area contributed by atoms with Crippen molar-refractivity contribution in [1.82, 2.24) is 5.32 Å². The number of alkyl halides is 5. The molecule has 1 aromatic rings. The summed E-state index contributed by atoms with van der Waals surface area (Å²) in [4.78, 5) is 0. The summed E-state index contributed by atoms with van der Waals surface area (Å²) in [6, 6.07) is 0.131. The predicted molar refractivity (Wildman–Crippen MR) is 46.1 cm³/mol. The predicted octanol–water partition coefficient (Wildman–Crippen LogP) is 3.13. The average Bonchev–Trinajstić information content (AvgIpc) is 2.64. The second-order valence-electron chi connectivity index (χ2n) is 3.13. The monoisotopic (exact) mass is 243 g/mol. The summed E-state index contributed by atoms with van der Waals surface area (Å²) < 4.78 is 67.3. The van der Waals surface area contributed by atoms with Crippen LogP contribution in [0.1, 0.15) is 18.7 Å². The van der Waals surface area contributed by atoms with Crippen molar-refractivity contribution in [3.63, 3.8) is 0 Å². The summed E-state index contributed by atoms with van der Waals surface area (Å²) in [5, 5.41) is 2.07. The molecule has 0 saturated carbocycles. The fourth-order valence-electron chi connectivity index (χ4n) is 1.23. The van der Waals surface area contributed by atoms with Gasteiger partial charge in [-0.05, 0) is 18.7 Å². The molecule has 7 heteroatoms. The van der Waals surface area contributed by atoms with Crippen molar-refractivity contribution >= 4 is 0 Å². The van der Waals surface area contributed by atoms with Crippen molar-refractivity contribution in [3.8, 4) is 0 Å². The Hall–Kier alpha value is -1.11. The molecular formula is C9H10F5NO. The minimum Gasteiger partial charge on any atom is -0.467 e. The van der Waals surface area contributed by atoms with Crippen LogP contribution in [0.5, 0.6) is 0 Å². The summed E-state index contributed by atoms with van der Waals surface area (Å²) in [5.41, 5.74) is 0. The Morgan fingerprint density at radius 3 is 2.31 bits per heavy atom. The molecule has 1 N–H and O–H groups in total. The van der Waals surface area contributed by atoms with Crippen molar-refractivity contribution in [2.45, 2.75) is 25.1 Å².